The summed E-state index contributed by atoms with van der Waals surface area (Å²) < 4.78 is 38.9. The first kappa shape index (κ1) is 18.5. The maximum absolute atomic E-state index is 13.0. The summed E-state index contributed by atoms with van der Waals surface area (Å²) in [7, 11) is 0. The molecule has 1 spiro atoms. The molecule has 0 bridgehead atoms. The molecular formula is C18H22ClF3N2O. The van der Waals surface area contributed by atoms with Crippen LogP contribution in [0.1, 0.15) is 37.3 Å². The minimum Gasteiger partial charge on any atom is -0.342 e. The molecule has 0 saturated carbocycles. The van der Waals surface area contributed by atoms with E-state index in [0.29, 0.717) is 12.1 Å². The SMILES string of the molecule is CC(=O)N1CCC2(CCN(Cc3ccc(Cl)c(C(F)(F)F)c3)CC2)C1. The Morgan fingerprint density at radius 2 is 1.84 bits per heavy atom. The fraction of sp³-hybridized carbons (Fsp3) is 0.611. The third-order valence-electron chi connectivity index (χ3n) is 5.54. The molecule has 0 radical (unpaired) electrons. The third-order valence-corrected chi connectivity index (χ3v) is 5.87. The van der Waals surface area contributed by atoms with Gasteiger partial charge in [-0.2, -0.15) is 13.2 Å². The van der Waals surface area contributed by atoms with E-state index in [9.17, 15) is 18.0 Å². The molecule has 2 heterocycles. The topological polar surface area (TPSA) is 23.6 Å². The van der Waals surface area contributed by atoms with Crippen molar-refractivity contribution in [2.75, 3.05) is 26.2 Å². The maximum atomic E-state index is 13.0. The molecule has 0 N–H and O–H groups in total. The molecule has 7 heteroatoms. The standard InChI is InChI=1S/C18H22ClF3N2O/c1-13(25)24-9-6-17(12-24)4-7-23(8-5-17)11-14-2-3-16(19)15(10-14)18(20,21)22/h2-3,10H,4-9,11-12H2,1H3. The van der Waals surface area contributed by atoms with Gasteiger partial charge in [0.1, 0.15) is 0 Å². The summed E-state index contributed by atoms with van der Waals surface area (Å²) in [6.45, 7) is 5.42. The number of benzene rings is 1. The highest BCUT2D eigenvalue weighted by Crippen LogP contribution is 2.41. The molecular weight excluding hydrogens is 353 g/mol. The summed E-state index contributed by atoms with van der Waals surface area (Å²) >= 11 is 5.68. The lowest BCUT2D eigenvalue weighted by atomic mass is 9.77. The first-order chi connectivity index (χ1) is 11.7. The lowest BCUT2D eigenvalue weighted by molar-refractivity contribution is -0.137. The summed E-state index contributed by atoms with van der Waals surface area (Å²) in [5, 5.41) is -0.260. The van der Waals surface area contributed by atoms with Crippen LogP contribution < -0.4 is 0 Å². The second-order valence-corrected chi connectivity index (χ2v) is 7.69. The van der Waals surface area contributed by atoms with Gasteiger partial charge in [0.2, 0.25) is 5.91 Å². The summed E-state index contributed by atoms with van der Waals surface area (Å²) in [6, 6.07) is 4.14. The summed E-state index contributed by atoms with van der Waals surface area (Å²) in [5.74, 6) is 0.125. The van der Waals surface area contributed by atoms with Crippen molar-refractivity contribution in [3.05, 3.63) is 34.3 Å². The van der Waals surface area contributed by atoms with Crippen molar-refractivity contribution < 1.29 is 18.0 Å². The number of carbonyl (C=O) groups excluding carboxylic acids is 1. The van der Waals surface area contributed by atoms with Gasteiger partial charge >= 0.3 is 6.18 Å². The predicted molar refractivity (Wildman–Crippen MR) is 90.3 cm³/mol. The van der Waals surface area contributed by atoms with E-state index in [4.69, 9.17) is 11.6 Å². The fourth-order valence-electron chi connectivity index (χ4n) is 3.94. The number of carbonyl (C=O) groups is 1. The zero-order valence-electron chi connectivity index (χ0n) is 14.2. The van der Waals surface area contributed by atoms with Crippen LogP contribution in [0.15, 0.2) is 18.2 Å². The van der Waals surface area contributed by atoms with Crippen LogP contribution >= 0.6 is 11.6 Å². The first-order valence-corrected chi connectivity index (χ1v) is 8.90. The second-order valence-electron chi connectivity index (χ2n) is 7.28. The highest BCUT2D eigenvalue weighted by Gasteiger charge is 2.41. The van der Waals surface area contributed by atoms with Crippen molar-refractivity contribution in [1.29, 1.82) is 0 Å². The first-order valence-electron chi connectivity index (χ1n) is 8.52. The van der Waals surface area contributed by atoms with E-state index in [0.717, 1.165) is 51.5 Å². The average Bonchev–Trinajstić information content (AvgIpc) is 2.95. The van der Waals surface area contributed by atoms with E-state index in [2.05, 4.69) is 4.90 Å². The van der Waals surface area contributed by atoms with Gasteiger partial charge in [-0.15, -0.1) is 0 Å². The normalized spacial score (nSPS) is 21.1. The number of amides is 1. The third kappa shape index (κ3) is 4.11. The molecule has 1 amide bonds. The van der Waals surface area contributed by atoms with Gasteiger partial charge in [0.15, 0.2) is 0 Å². The van der Waals surface area contributed by atoms with Crippen LogP contribution in [0.3, 0.4) is 0 Å². The second kappa shape index (κ2) is 6.80. The number of halogens is 4. The molecule has 0 unspecified atom stereocenters. The number of hydrogen-bond acceptors (Lipinski definition) is 2. The van der Waals surface area contributed by atoms with Crippen LogP contribution in [0.4, 0.5) is 13.2 Å². The van der Waals surface area contributed by atoms with Crippen LogP contribution in [-0.4, -0.2) is 41.9 Å². The van der Waals surface area contributed by atoms with E-state index in [-0.39, 0.29) is 16.3 Å². The Hall–Kier alpha value is -1.27. The van der Waals surface area contributed by atoms with E-state index in [1.165, 1.54) is 6.07 Å². The van der Waals surface area contributed by atoms with Gasteiger partial charge in [-0.25, -0.2) is 0 Å². The van der Waals surface area contributed by atoms with Gasteiger partial charge in [-0.3, -0.25) is 9.69 Å². The lowest BCUT2D eigenvalue weighted by Crippen LogP contribution is -2.41. The number of piperidine rings is 1. The van der Waals surface area contributed by atoms with Crippen LogP contribution in [0.2, 0.25) is 5.02 Å². The van der Waals surface area contributed by atoms with Crippen molar-refractivity contribution in [1.82, 2.24) is 9.80 Å². The van der Waals surface area contributed by atoms with Gasteiger partial charge < -0.3 is 4.90 Å². The smallest absolute Gasteiger partial charge is 0.342 e. The van der Waals surface area contributed by atoms with E-state index < -0.39 is 11.7 Å². The number of likely N-dealkylation sites (tertiary alicyclic amines) is 2. The molecule has 3 rings (SSSR count). The van der Waals surface area contributed by atoms with Crippen LogP contribution in [0, 0.1) is 5.41 Å². The molecule has 138 valence electrons. The summed E-state index contributed by atoms with van der Waals surface area (Å²) in [6.07, 6.45) is -1.44. The molecule has 1 aromatic carbocycles. The fourth-order valence-corrected chi connectivity index (χ4v) is 4.17. The molecule has 2 fully saturated rings. The number of nitrogens with zero attached hydrogens (tertiary/aromatic N) is 2. The van der Waals surface area contributed by atoms with Crippen LogP contribution in [-0.2, 0) is 17.5 Å². The zero-order valence-corrected chi connectivity index (χ0v) is 15.0. The van der Waals surface area contributed by atoms with Gasteiger partial charge in [0, 0.05) is 26.6 Å². The number of alkyl halides is 3. The molecule has 2 aliphatic heterocycles. The zero-order chi connectivity index (χ0) is 18.2. The highest BCUT2D eigenvalue weighted by atomic mass is 35.5. The summed E-state index contributed by atoms with van der Waals surface area (Å²) in [4.78, 5) is 15.6. The molecule has 1 aromatic rings. The molecule has 0 aromatic heterocycles. The average molecular weight is 375 g/mol. The van der Waals surface area contributed by atoms with E-state index in [1.54, 1.807) is 13.0 Å². The van der Waals surface area contributed by atoms with E-state index >= 15 is 0 Å². The van der Waals surface area contributed by atoms with Crippen molar-refractivity contribution in [2.24, 2.45) is 5.41 Å². The predicted octanol–water partition coefficient (Wildman–Crippen LogP) is 4.19. The van der Waals surface area contributed by atoms with Gasteiger partial charge in [-0.1, -0.05) is 17.7 Å². The van der Waals surface area contributed by atoms with Crippen LogP contribution in [0.25, 0.3) is 0 Å². The van der Waals surface area contributed by atoms with Crippen molar-refractivity contribution in [3.8, 4) is 0 Å². The van der Waals surface area contributed by atoms with Gasteiger partial charge in [0.05, 0.1) is 10.6 Å². The number of hydrogen-bond donors (Lipinski definition) is 0. The van der Waals surface area contributed by atoms with E-state index in [1.807, 2.05) is 4.90 Å². The maximum Gasteiger partial charge on any atom is 0.417 e. The lowest BCUT2D eigenvalue weighted by Gasteiger charge is -2.39. The molecule has 0 aliphatic carbocycles. The summed E-state index contributed by atoms with van der Waals surface area (Å²) in [5.41, 5.74) is 0.0525. The Morgan fingerprint density at radius 3 is 2.40 bits per heavy atom. The van der Waals surface area contributed by atoms with Crippen molar-refractivity contribution in [3.63, 3.8) is 0 Å². The van der Waals surface area contributed by atoms with Crippen molar-refractivity contribution >= 4 is 17.5 Å². The Labute approximate surface area is 150 Å². The number of rotatable bonds is 2. The molecule has 3 nitrogen and oxygen atoms in total. The monoisotopic (exact) mass is 374 g/mol. The van der Waals surface area contributed by atoms with Gasteiger partial charge in [0.25, 0.3) is 0 Å². The Bertz CT molecular complexity index is 654. The Morgan fingerprint density at radius 1 is 1.20 bits per heavy atom. The molecule has 0 atom stereocenters. The molecule has 2 aliphatic rings. The highest BCUT2D eigenvalue weighted by molar-refractivity contribution is 6.31. The minimum atomic E-state index is -4.43. The quantitative estimate of drug-likeness (QED) is 0.774. The molecule has 2 saturated heterocycles. The van der Waals surface area contributed by atoms with Crippen LogP contribution in [0.5, 0.6) is 0 Å². The molecule has 25 heavy (non-hydrogen) atoms. The minimum absolute atomic E-state index is 0.125. The largest absolute Gasteiger partial charge is 0.417 e. The Balaban J connectivity index is 1.61. The Kier molecular flexibility index (Phi) is 5.04. The van der Waals surface area contributed by atoms with Crippen molar-refractivity contribution in [2.45, 2.75) is 38.9 Å². The van der Waals surface area contributed by atoms with Gasteiger partial charge in [-0.05, 0) is 55.5 Å².